The molecule has 1 aliphatic heterocycles. The zero-order chi connectivity index (χ0) is 15.5. The normalized spacial score (nSPS) is 20.6. The number of piperidine rings is 1. The van der Waals surface area contributed by atoms with E-state index in [1.807, 2.05) is 26.0 Å². The molecular weight excluding hydrogens is 352 g/mol. The highest BCUT2D eigenvalue weighted by Gasteiger charge is 2.32. The summed E-state index contributed by atoms with van der Waals surface area (Å²) in [7, 11) is -3.41. The number of benzene rings is 1. The van der Waals surface area contributed by atoms with Crippen LogP contribution in [0.15, 0.2) is 27.6 Å². The van der Waals surface area contributed by atoms with Gasteiger partial charge in [-0.3, -0.25) is 0 Å². The first-order valence-corrected chi connectivity index (χ1v) is 9.71. The summed E-state index contributed by atoms with van der Waals surface area (Å²) in [4.78, 5) is 0.372. The molecule has 1 aromatic rings. The maximum atomic E-state index is 12.8. The van der Waals surface area contributed by atoms with Crippen molar-refractivity contribution in [3.8, 4) is 0 Å². The van der Waals surface area contributed by atoms with Gasteiger partial charge in [-0.25, -0.2) is 8.42 Å². The van der Waals surface area contributed by atoms with Crippen molar-refractivity contribution in [3.63, 3.8) is 0 Å². The third-order valence-electron chi connectivity index (χ3n) is 3.90. The molecule has 1 saturated heterocycles. The van der Waals surface area contributed by atoms with Crippen molar-refractivity contribution >= 4 is 26.0 Å². The van der Waals surface area contributed by atoms with Gasteiger partial charge in [0.25, 0.3) is 0 Å². The highest BCUT2D eigenvalue weighted by molar-refractivity contribution is 9.10. The Bertz CT molecular complexity index is 589. The lowest BCUT2D eigenvalue weighted by atomic mass is 10.1. The number of hydrogen-bond acceptors (Lipinski definition) is 3. The van der Waals surface area contributed by atoms with Gasteiger partial charge >= 0.3 is 0 Å². The predicted molar refractivity (Wildman–Crippen MR) is 88.7 cm³/mol. The van der Waals surface area contributed by atoms with Crippen LogP contribution < -0.4 is 5.32 Å². The smallest absolute Gasteiger partial charge is 0.244 e. The predicted octanol–water partition coefficient (Wildman–Crippen LogP) is 3.12. The zero-order valence-electron chi connectivity index (χ0n) is 12.6. The Morgan fingerprint density at radius 2 is 2.14 bits per heavy atom. The number of halogens is 1. The second-order valence-corrected chi connectivity index (χ2v) is 8.22. The van der Waals surface area contributed by atoms with Gasteiger partial charge < -0.3 is 5.32 Å². The van der Waals surface area contributed by atoms with Crippen LogP contribution in [0, 0.1) is 0 Å². The summed E-state index contributed by atoms with van der Waals surface area (Å²) in [5.74, 6) is 0. The molecule has 2 rings (SSSR count). The van der Waals surface area contributed by atoms with Crippen LogP contribution in [0.5, 0.6) is 0 Å². The van der Waals surface area contributed by atoms with E-state index in [9.17, 15) is 8.42 Å². The molecule has 0 aromatic heterocycles. The lowest BCUT2D eigenvalue weighted by molar-refractivity contribution is 0.268. The lowest BCUT2D eigenvalue weighted by Gasteiger charge is -2.32. The van der Waals surface area contributed by atoms with Crippen LogP contribution in [0.3, 0.4) is 0 Å². The quantitative estimate of drug-likeness (QED) is 0.860. The van der Waals surface area contributed by atoms with Gasteiger partial charge in [0.05, 0.1) is 4.90 Å². The Morgan fingerprint density at radius 1 is 1.38 bits per heavy atom. The maximum Gasteiger partial charge on any atom is 0.244 e. The van der Waals surface area contributed by atoms with Crippen molar-refractivity contribution < 1.29 is 8.42 Å². The fourth-order valence-corrected chi connectivity index (χ4v) is 5.47. The summed E-state index contributed by atoms with van der Waals surface area (Å²) in [6.07, 6.45) is 2.99. The summed E-state index contributed by atoms with van der Waals surface area (Å²) in [6, 6.07) is 5.57. The minimum absolute atomic E-state index is 0.0806. The standard InChI is InChI=1S/C15H23BrN2O2S/c1-3-17-11-13-7-8-15(14(16)10-13)21(19,20)18-9-5-4-6-12(18)2/h7-8,10,12,17H,3-6,9,11H2,1-2H3. The van der Waals surface area contributed by atoms with Crippen molar-refractivity contribution in [2.75, 3.05) is 13.1 Å². The first kappa shape index (κ1) is 16.9. The molecule has 1 aliphatic rings. The number of nitrogens with one attached hydrogen (secondary N) is 1. The van der Waals surface area contributed by atoms with E-state index in [2.05, 4.69) is 21.2 Å². The molecule has 1 fully saturated rings. The highest BCUT2D eigenvalue weighted by Crippen LogP contribution is 2.30. The SMILES string of the molecule is CCNCc1ccc(S(=O)(=O)N2CCCCC2C)c(Br)c1. The number of sulfonamides is 1. The molecule has 118 valence electrons. The molecular formula is C15H23BrN2O2S. The van der Waals surface area contributed by atoms with Gasteiger partial charge in [0.1, 0.15) is 0 Å². The first-order valence-electron chi connectivity index (χ1n) is 7.47. The van der Waals surface area contributed by atoms with Gasteiger partial charge in [-0.2, -0.15) is 4.31 Å². The third kappa shape index (κ3) is 3.86. The van der Waals surface area contributed by atoms with E-state index in [0.29, 0.717) is 15.9 Å². The second kappa shape index (κ2) is 7.22. The Kier molecular flexibility index (Phi) is 5.82. The van der Waals surface area contributed by atoms with Crippen LogP contribution in [0.4, 0.5) is 0 Å². The average Bonchev–Trinajstić information content (AvgIpc) is 2.45. The topological polar surface area (TPSA) is 49.4 Å². The fraction of sp³-hybridized carbons (Fsp3) is 0.600. The molecule has 21 heavy (non-hydrogen) atoms. The van der Waals surface area contributed by atoms with Gasteiger partial charge in [-0.15, -0.1) is 0 Å². The summed E-state index contributed by atoms with van der Waals surface area (Å²) < 4.78 is 27.9. The van der Waals surface area contributed by atoms with Crippen molar-refractivity contribution in [2.24, 2.45) is 0 Å². The van der Waals surface area contributed by atoms with E-state index < -0.39 is 10.0 Å². The minimum Gasteiger partial charge on any atom is -0.313 e. The van der Waals surface area contributed by atoms with Gasteiger partial charge in [0.2, 0.25) is 10.0 Å². The number of hydrogen-bond donors (Lipinski definition) is 1. The van der Waals surface area contributed by atoms with E-state index in [4.69, 9.17) is 0 Å². The Hall–Kier alpha value is -0.430. The summed E-state index contributed by atoms with van der Waals surface area (Å²) in [6.45, 7) is 6.29. The van der Waals surface area contributed by atoms with Crippen LogP contribution in [0.1, 0.15) is 38.7 Å². The zero-order valence-corrected chi connectivity index (χ0v) is 15.0. The van der Waals surface area contributed by atoms with Crippen molar-refractivity contribution in [3.05, 3.63) is 28.2 Å². The molecule has 1 heterocycles. The van der Waals surface area contributed by atoms with Gasteiger partial charge in [0, 0.05) is 23.6 Å². The molecule has 1 unspecified atom stereocenters. The first-order chi connectivity index (χ1) is 9.96. The Balaban J connectivity index is 2.27. The molecule has 0 radical (unpaired) electrons. The van der Waals surface area contributed by atoms with Crippen LogP contribution in [0.25, 0.3) is 0 Å². The Labute approximate surface area is 136 Å². The molecule has 1 N–H and O–H groups in total. The summed E-state index contributed by atoms with van der Waals surface area (Å²) in [5.41, 5.74) is 1.08. The molecule has 0 spiro atoms. The average molecular weight is 375 g/mol. The van der Waals surface area contributed by atoms with Gasteiger partial charge in [-0.1, -0.05) is 19.4 Å². The van der Waals surface area contributed by atoms with Crippen molar-refractivity contribution in [2.45, 2.75) is 50.6 Å². The van der Waals surface area contributed by atoms with Crippen LogP contribution >= 0.6 is 15.9 Å². The molecule has 4 nitrogen and oxygen atoms in total. The van der Waals surface area contributed by atoms with Gasteiger partial charge in [0.15, 0.2) is 0 Å². The number of rotatable bonds is 5. The lowest BCUT2D eigenvalue weighted by Crippen LogP contribution is -2.42. The molecule has 1 atom stereocenters. The van der Waals surface area contributed by atoms with E-state index >= 15 is 0 Å². The summed E-state index contributed by atoms with van der Waals surface area (Å²) >= 11 is 3.43. The Morgan fingerprint density at radius 3 is 2.76 bits per heavy atom. The van der Waals surface area contributed by atoms with E-state index in [0.717, 1.165) is 37.9 Å². The molecule has 0 aliphatic carbocycles. The summed E-state index contributed by atoms with van der Waals surface area (Å²) in [5, 5.41) is 3.24. The number of nitrogens with zero attached hydrogens (tertiary/aromatic N) is 1. The molecule has 0 saturated carbocycles. The minimum atomic E-state index is -3.41. The molecule has 1 aromatic carbocycles. The largest absolute Gasteiger partial charge is 0.313 e. The van der Waals surface area contributed by atoms with E-state index in [-0.39, 0.29) is 6.04 Å². The van der Waals surface area contributed by atoms with Crippen molar-refractivity contribution in [1.29, 1.82) is 0 Å². The molecule has 6 heteroatoms. The monoisotopic (exact) mass is 374 g/mol. The van der Waals surface area contributed by atoms with Crippen LogP contribution in [-0.2, 0) is 16.6 Å². The van der Waals surface area contributed by atoms with Crippen LogP contribution in [-0.4, -0.2) is 31.9 Å². The maximum absolute atomic E-state index is 12.8. The molecule has 0 bridgehead atoms. The highest BCUT2D eigenvalue weighted by atomic mass is 79.9. The molecule has 0 amide bonds. The van der Waals surface area contributed by atoms with Gasteiger partial charge in [-0.05, 0) is 59.9 Å². The second-order valence-electron chi connectivity index (χ2n) is 5.51. The third-order valence-corrected chi connectivity index (χ3v) is 6.89. The van der Waals surface area contributed by atoms with Crippen molar-refractivity contribution in [1.82, 2.24) is 9.62 Å². The fourth-order valence-electron chi connectivity index (χ4n) is 2.69. The van der Waals surface area contributed by atoms with Crippen LogP contribution in [0.2, 0.25) is 0 Å². The van der Waals surface area contributed by atoms with E-state index in [1.54, 1.807) is 10.4 Å². The van der Waals surface area contributed by atoms with E-state index in [1.165, 1.54) is 0 Å².